The van der Waals surface area contributed by atoms with Crippen LogP contribution in [0.25, 0.3) is 0 Å². The van der Waals surface area contributed by atoms with Crippen LogP contribution in [0.4, 0.5) is 18.9 Å². The van der Waals surface area contributed by atoms with Crippen molar-refractivity contribution in [2.75, 3.05) is 18.0 Å². The molecule has 28 heavy (non-hydrogen) atoms. The molecule has 0 radical (unpaired) electrons. The molecule has 2 aromatic rings. The van der Waals surface area contributed by atoms with Gasteiger partial charge in [0.15, 0.2) is 0 Å². The number of hydrogen-bond donors (Lipinski definition) is 1. The van der Waals surface area contributed by atoms with E-state index in [1.807, 2.05) is 6.92 Å². The quantitative estimate of drug-likeness (QED) is 0.819. The van der Waals surface area contributed by atoms with Gasteiger partial charge in [0.25, 0.3) is 5.91 Å². The lowest BCUT2D eigenvalue weighted by Crippen LogP contribution is -2.31. The van der Waals surface area contributed by atoms with Crippen LogP contribution in [0.5, 0.6) is 0 Å². The Morgan fingerprint density at radius 2 is 2.11 bits per heavy atom. The highest BCUT2D eigenvalue weighted by molar-refractivity contribution is 5.99. The lowest BCUT2D eigenvalue weighted by Gasteiger charge is -2.19. The first kappa shape index (κ1) is 19.9. The molecule has 1 aromatic carbocycles. The molecule has 3 rings (SSSR count). The van der Waals surface area contributed by atoms with Crippen molar-refractivity contribution in [1.29, 1.82) is 0 Å². The molecule has 2 amide bonds. The number of nitrogens with zero attached hydrogens (tertiary/aromatic N) is 3. The summed E-state index contributed by atoms with van der Waals surface area (Å²) < 4.78 is 41.5. The molecule has 1 saturated heterocycles. The lowest BCUT2D eigenvalue weighted by atomic mass is 10.1. The van der Waals surface area contributed by atoms with Crippen LogP contribution < -0.4 is 10.2 Å². The van der Waals surface area contributed by atoms with Crippen LogP contribution in [-0.2, 0) is 17.5 Å². The molecule has 1 fully saturated rings. The van der Waals surface area contributed by atoms with E-state index in [2.05, 4.69) is 10.4 Å². The number of amides is 2. The molecule has 1 aliphatic rings. The van der Waals surface area contributed by atoms with Crippen molar-refractivity contribution >= 4 is 17.5 Å². The van der Waals surface area contributed by atoms with Crippen molar-refractivity contribution in [3.05, 3.63) is 47.8 Å². The number of rotatable bonds is 6. The van der Waals surface area contributed by atoms with Crippen LogP contribution >= 0.6 is 0 Å². The van der Waals surface area contributed by atoms with E-state index in [0.717, 1.165) is 12.1 Å². The zero-order valence-electron chi connectivity index (χ0n) is 15.4. The van der Waals surface area contributed by atoms with Gasteiger partial charge in [-0.2, -0.15) is 18.3 Å². The van der Waals surface area contributed by atoms with Crippen LogP contribution in [0.3, 0.4) is 0 Å². The van der Waals surface area contributed by atoms with E-state index in [0.29, 0.717) is 25.9 Å². The Kier molecular flexibility index (Phi) is 5.71. The van der Waals surface area contributed by atoms with Gasteiger partial charge in [-0.3, -0.25) is 14.3 Å². The van der Waals surface area contributed by atoms with Crippen LogP contribution in [0, 0.1) is 5.92 Å². The first-order valence-corrected chi connectivity index (χ1v) is 9.02. The fourth-order valence-electron chi connectivity index (χ4n) is 3.14. The summed E-state index contributed by atoms with van der Waals surface area (Å²) in [4.78, 5) is 25.7. The molecule has 0 unspecified atom stereocenters. The fraction of sp³-hybridized carbons (Fsp3) is 0.421. The van der Waals surface area contributed by atoms with Gasteiger partial charge in [-0.25, -0.2) is 0 Å². The molecule has 1 aromatic heterocycles. The minimum Gasteiger partial charge on any atom is -0.352 e. The smallest absolute Gasteiger partial charge is 0.352 e. The van der Waals surface area contributed by atoms with Crippen LogP contribution in [0.1, 0.15) is 35.7 Å². The highest BCUT2D eigenvalue weighted by Crippen LogP contribution is 2.34. The summed E-state index contributed by atoms with van der Waals surface area (Å²) >= 11 is 0. The normalized spacial score (nSPS) is 15.7. The topological polar surface area (TPSA) is 67.2 Å². The van der Waals surface area contributed by atoms with Crippen LogP contribution in [0.2, 0.25) is 0 Å². The Labute approximate surface area is 160 Å². The molecule has 6 nitrogen and oxygen atoms in total. The molecule has 150 valence electrons. The maximum atomic E-state index is 13.3. The SMILES string of the molecule is C[C@@H](CNC(=O)c1cc(N2CCCC2=O)cc(C(F)(F)F)c1)Cn1cccn1. The molecular formula is C19H21F3N4O2. The molecular weight excluding hydrogens is 373 g/mol. The Bertz CT molecular complexity index is 849. The number of halogens is 3. The monoisotopic (exact) mass is 394 g/mol. The van der Waals surface area contributed by atoms with E-state index < -0.39 is 17.6 Å². The number of nitrogens with one attached hydrogen (secondary N) is 1. The predicted molar refractivity (Wildman–Crippen MR) is 96.8 cm³/mol. The molecule has 0 saturated carbocycles. The minimum absolute atomic E-state index is 0.0364. The van der Waals surface area contributed by atoms with Gasteiger partial charge in [-0.05, 0) is 36.6 Å². The molecule has 1 aliphatic heterocycles. The molecule has 1 N–H and O–H groups in total. The fourth-order valence-corrected chi connectivity index (χ4v) is 3.14. The van der Waals surface area contributed by atoms with Gasteiger partial charge >= 0.3 is 6.18 Å². The number of aromatic nitrogens is 2. The third kappa shape index (κ3) is 4.71. The largest absolute Gasteiger partial charge is 0.416 e. The third-order valence-corrected chi connectivity index (χ3v) is 4.56. The number of hydrogen-bond acceptors (Lipinski definition) is 3. The summed E-state index contributed by atoms with van der Waals surface area (Å²) in [6.07, 6.45) is -0.287. The van der Waals surface area contributed by atoms with Gasteiger partial charge in [0, 0.05) is 49.7 Å². The predicted octanol–water partition coefficient (Wildman–Crippen LogP) is 3.09. The number of carbonyl (C=O) groups excluding carboxylic acids is 2. The van der Waals surface area contributed by atoms with E-state index in [1.165, 1.54) is 11.0 Å². The summed E-state index contributed by atoms with van der Waals surface area (Å²) in [6.45, 7) is 3.11. The van der Waals surface area contributed by atoms with E-state index in [9.17, 15) is 22.8 Å². The Morgan fingerprint density at radius 3 is 2.71 bits per heavy atom. The lowest BCUT2D eigenvalue weighted by molar-refractivity contribution is -0.137. The molecule has 9 heteroatoms. The van der Waals surface area contributed by atoms with Crippen molar-refractivity contribution in [3.8, 4) is 0 Å². The number of carbonyl (C=O) groups is 2. The average molecular weight is 394 g/mol. The summed E-state index contributed by atoms with van der Waals surface area (Å²) in [5.41, 5.74) is -0.956. The van der Waals surface area contributed by atoms with Crippen molar-refractivity contribution in [1.82, 2.24) is 15.1 Å². The van der Waals surface area contributed by atoms with E-state index in [-0.39, 0.29) is 29.6 Å². The summed E-state index contributed by atoms with van der Waals surface area (Å²) in [5.74, 6) is -0.806. The number of alkyl halides is 3. The average Bonchev–Trinajstić information content (AvgIpc) is 3.30. The maximum absolute atomic E-state index is 13.3. The number of benzene rings is 1. The van der Waals surface area contributed by atoms with Gasteiger partial charge < -0.3 is 10.2 Å². The third-order valence-electron chi connectivity index (χ3n) is 4.56. The van der Waals surface area contributed by atoms with Gasteiger partial charge in [-0.1, -0.05) is 6.92 Å². The minimum atomic E-state index is -4.61. The molecule has 1 atom stereocenters. The first-order valence-electron chi connectivity index (χ1n) is 9.02. The second kappa shape index (κ2) is 8.04. The number of anilines is 1. The zero-order chi connectivity index (χ0) is 20.3. The highest BCUT2D eigenvalue weighted by atomic mass is 19.4. The van der Waals surface area contributed by atoms with Gasteiger partial charge in [0.05, 0.1) is 5.56 Å². The highest BCUT2D eigenvalue weighted by Gasteiger charge is 2.33. The van der Waals surface area contributed by atoms with Gasteiger partial charge in [0.2, 0.25) is 5.91 Å². The molecule has 0 bridgehead atoms. The second-order valence-electron chi connectivity index (χ2n) is 6.96. The second-order valence-corrected chi connectivity index (χ2v) is 6.96. The van der Waals surface area contributed by atoms with Crippen molar-refractivity contribution in [3.63, 3.8) is 0 Å². The standard InChI is InChI=1S/C19H21F3N4O2/c1-13(12-25-6-3-5-24-25)11-23-18(28)14-8-15(19(20,21)22)10-16(9-14)26-7-2-4-17(26)27/h3,5-6,8-10,13H,2,4,7,11-12H2,1H3,(H,23,28)/t13-/m0/s1. The van der Waals surface area contributed by atoms with Crippen LogP contribution in [0.15, 0.2) is 36.7 Å². The first-order chi connectivity index (χ1) is 13.2. The Hall–Kier alpha value is -2.84. The molecule has 2 heterocycles. The van der Waals surface area contributed by atoms with Crippen molar-refractivity contribution in [2.24, 2.45) is 5.92 Å². The van der Waals surface area contributed by atoms with E-state index >= 15 is 0 Å². The maximum Gasteiger partial charge on any atom is 0.416 e. The summed E-state index contributed by atoms with van der Waals surface area (Å²) in [6, 6.07) is 4.86. The van der Waals surface area contributed by atoms with E-state index in [1.54, 1.807) is 23.1 Å². The van der Waals surface area contributed by atoms with Gasteiger partial charge in [-0.15, -0.1) is 0 Å². The van der Waals surface area contributed by atoms with E-state index in [4.69, 9.17) is 0 Å². The summed E-state index contributed by atoms with van der Waals surface area (Å²) in [5, 5.41) is 6.75. The van der Waals surface area contributed by atoms with Crippen molar-refractivity contribution in [2.45, 2.75) is 32.5 Å². The Balaban J connectivity index is 1.75. The van der Waals surface area contributed by atoms with Crippen molar-refractivity contribution < 1.29 is 22.8 Å². The molecule has 0 aliphatic carbocycles. The zero-order valence-corrected chi connectivity index (χ0v) is 15.4. The van der Waals surface area contributed by atoms with Crippen LogP contribution in [-0.4, -0.2) is 34.7 Å². The Morgan fingerprint density at radius 1 is 1.32 bits per heavy atom. The summed E-state index contributed by atoms with van der Waals surface area (Å²) in [7, 11) is 0. The molecule has 0 spiro atoms. The van der Waals surface area contributed by atoms with Gasteiger partial charge in [0.1, 0.15) is 0 Å².